The number of ether oxygens (including phenoxy) is 3. The Hall–Kier alpha value is -2.44. The number of methoxy groups -OCH3 is 3. The molecule has 2 rings (SSSR count). The van der Waals surface area contributed by atoms with Gasteiger partial charge in [-0.2, -0.15) is 0 Å². The van der Waals surface area contributed by atoms with Crippen LogP contribution < -0.4 is 24.4 Å². The summed E-state index contributed by atoms with van der Waals surface area (Å²) in [6, 6.07) is 10.7. The number of anilines is 1. The van der Waals surface area contributed by atoms with Gasteiger partial charge in [-0.25, -0.2) is 0 Å². The van der Waals surface area contributed by atoms with E-state index in [2.05, 4.69) is 5.32 Å². The van der Waals surface area contributed by atoms with Gasteiger partial charge in [0, 0.05) is 22.3 Å². The third-order valence-corrected chi connectivity index (χ3v) is 4.10. The highest BCUT2D eigenvalue weighted by atomic mass is 35.5. The molecule has 2 N–H and O–H groups in total. The van der Waals surface area contributed by atoms with Crippen LogP contribution in [-0.2, 0) is 11.3 Å². The standard InChI is InChI=1S/C19H23ClN2O4/c1-22(11-13-9-14(20)5-7-16(13)24-2)12-19(23)21-15-6-8-17(25-3)18(10-15)26-4/h5-10H,11-12H2,1-4H3,(H,21,23)/p+1. The lowest BCUT2D eigenvalue weighted by atomic mass is 10.2. The van der Waals surface area contributed by atoms with Crippen molar-refractivity contribution in [2.75, 3.05) is 40.2 Å². The Morgan fingerprint density at radius 2 is 1.65 bits per heavy atom. The minimum absolute atomic E-state index is 0.101. The normalized spacial score (nSPS) is 11.6. The van der Waals surface area contributed by atoms with Crippen LogP contribution in [0.4, 0.5) is 5.69 Å². The van der Waals surface area contributed by atoms with Crippen molar-refractivity contribution in [2.45, 2.75) is 6.54 Å². The first-order chi connectivity index (χ1) is 12.5. The van der Waals surface area contributed by atoms with Crippen molar-refractivity contribution in [3.05, 3.63) is 47.0 Å². The van der Waals surface area contributed by atoms with Gasteiger partial charge in [0.05, 0.1) is 28.4 Å². The van der Waals surface area contributed by atoms with Gasteiger partial charge in [-0.05, 0) is 30.3 Å². The fraction of sp³-hybridized carbons (Fsp3) is 0.316. The van der Waals surface area contributed by atoms with E-state index < -0.39 is 0 Å². The molecule has 1 unspecified atom stereocenters. The van der Waals surface area contributed by atoms with Gasteiger partial charge in [0.2, 0.25) is 0 Å². The summed E-state index contributed by atoms with van der Waals surface area (Å²) in [4.78, 5) is 13.3. The number of carbonyl (C=O) groups excluding carboxylic acids is 1. The van der Waals surface area contributed by atoms with Gasteiger partial charge in [0.15, 0.2) is 18.0 Å². The van der Waals surface area contributed by atoms with Crippen LogP contribution in [0.5, 0.6) is 17.2 Å². The summed E-state index contributed by atoms with van der Waals surface area (Å²) in [7, 11) is 6.68. The third-order valence-electron chi connectivity index (χ3n) is 3.86. The van der Waals surface area contributed by atoms with Gasteiger partial charge in [-0.1, -0.05) is 11.6 Å². The Labute approximate surface area is 158 Å². The number of benzene rings is 2. The highest BCUT2D eigenvalue weighted by molar-refractivity contribution is 6.30. The first-order valence-corrected chi connectivity index (χ1v) is 8.50. The molecular weight excluding hydrogens is 356 g/mol. The molecule has 0 aliphatic carbocycles. The number of rotatable bonds is 8. The first-order valence-electron chi connectivity index (χ1n) is 8.12. The second kappa shape index (κ2) is 9.31. The van der Waals surface area contributed by atoms with E-state index in [9.17, 15) is 4.79 Å². The number of carbonyl (C=O) groups is 1. The highest BCUT2D eigenvalue weighted by Gasteiger charge is 2.15. The van der Waals surface area contributed by atoms with Crippen LogP contribution in [0.25, 0.3) is 0 Å². The van der Waals surface area contributed by atoms with Gasteiger partial charge in [-0.15, -0.1) is 0 Å². The molecule has 0 saturated heterocycles. The number of hydrogen-bond acceptors (Lipinski definition) is 4. The number of amides is 1. The Morgan fingerprint density at radius 1 is 1.00 bits per heavy atom. The molecule has 0 aromatic heterocycles. The molecule has 1 amide bonds. The monoisotopic (exact) mass is 379 g/mol. The van der Waals surface area contributed by atoms with Gasteiger partial charge in [0.25, 0.3) is 5.91 Å². The molecular formula is C19H24ClN2O4+. The summed E-state index contributed by atoms with van der Waals surface area (Å²) < 4.78 is 15.8. The summed E-state index contributed by atoms with van der Waals surface area (Å²) in [6.45, 7) is 0.910. The Kier molecular flexibility index (Phi) is 7.12. The molecule has 0 aliphatic rings. The summed E-state index contributed by atoms with van der Waals surface area (Å²) in [6.07, 6.45) is 0. The molecule has 0 heterocycles. The van der Waals surface area contributed by atoms with Crippen molar-refractivity contribution in [3.63, 3.8) is 0 Å². The topological polar surface area (TPSA) is 61.2 Å². The lowest BCUT2D eigenvalue weighted by Crippen LogP contribution is -3.08. The molecule has 0 spiro atoms. The lowest BCUT2D eigenvalue weighted by molar-refractivity contribution is -0.885. The molecule has 0 saturated carbocycles. The van der Waals surface area contributed by atoms with E-state index in [1.807, 2.05) is 19.2 Å². The zero-order valence-electron chi connectivity index (χ0n) is 15.4. The fourth-order valence-electron chi connectivity index (χ4n) is 2.67. The molecule has 1 atom stereocenters. The second-order valence-electron chi connectivity index (χ2n) is 5.88. The molecule has 0 bridgehead atoms. The molecule has 7 heteroatoms. The predicted octanol–water partition coefficient (Wildman–Crippen LogP) is 2.02. The van der Waals surface area contributed by atoms with Crippen molar-refractivity contribution in [3.8, 4) is 17.2 Å². The predicted molar refractivity (Wildman–Crippen MR) is 102 cm³/mol. The van der Waals surface area contributed by atoms with Crippen LogP contribution in [0.3, 0.4) is 0 Å². The molecule has 2 aromatic rings. The van der Waals surface area contributed by atoms with Crippen LogP contribution in [0, 0.1) is 0 Å². The Balaban J connectivity index is 1.98. The summed E-state index contributed by atoms with van der Waals surface area (Å²) in [5, 5.41) is 3.51. The van der Waals surface area contributed by atoms with Crippen LogP contribution >= 0.6 is 11.6 Å². The third kappa shape index (κ3) is 5.28. The zero-order chi connectivity index (χ0) is 19.1. The summed E-state index contributed by atoms with van der Waals surface area (Å²) in [5.74, 6) is 1.83. The first kappa shape index (κ1) is 19.9. The van der Waals surface area contributed by atoms with Gasteiger partial charge < -0.3 is 24.4 Å². The maximum Gasteiger partial charge on any atom is 0.279 e. The quantitative estimate of drug-likeness (QED) is 0.736. The molecule has 0 fully saturated rings. The number of likely N-dealkylation sites (N-methyl/N-ethyl adjacent to an activating group) is 1. The van der Waals surface area contributed by atoms with Crippen LogP contribution in [0.2, 0.25) is 5.02 Å². The molecule has 0 aliphatic heterocycles. The second-order valence-corrected chi connectivity index (χ2v) is 6.32. The number of quaternary nitrogens is 1. The van der Waals surface area contributed by atoms with E-state index in [0.29, 0.717) is 35.3 Å². The van der Waals surface area contributed by atoms with Gasteiger partial charge in [-0.3, -0.25) is 4.79 Å². The number of nitrogens with one attached hydrogen (secondary N) is 2. The van der Waals surface area contributed by atoms with E-state index in [0.717, 1.165) is 16.2 Å². The van der Waals surface area contributed by atoms with Crippen molar-refractivity contribution >= 4 is 23.2 Å². The molecule has 26 heavy (non-hydrogen) atoms. The highest BCUT2D eigenvalue weighted by Crippen LogP contribution is 2.29. The lowest BCUT2D eigenvalue weighted by Gasteiger charge is -2.16. The van der Waals surface area contributed by atoms with Crippen molar-refractivity contribution in [2.24, 2.45) is 0 Å². The van der Waals surface area contributed by atoms with Crippen LogP contribution in [0.1, 0.15) is 5.56 Å². The van der Waals surface area contributed by atoms with E-state index >= 15 is 0 Å². The van der Waals surface area contributed by atoms with Crippen molar-refractivity contribution < 1.29 is 23.9 Å². The average Bonchev–Trinajstić information content (AvgIpc) is 2.61. The van der Waals surface area contributed by atoms with Crippen molar-refractivity contribution in [1.29, 1.82) is 0 Å². The van der Waals surface area contributed by atoms with Gasteiger partial charge >= 0.3 is 0 Å². The zero-order valence-corrected chi connectivity index (χ0v) is 16.1. The average molecular weight is 380 g/mol. The molecule has 6 nitrogen and oxygen atoms in total. The Morgan fingerprint density at radius 3 is 2.31 bits per heavy atom. The maximum absolute atomic E-state index is 12.3. The van der Waals surface area contributed by atoms with E-state index in [-0.39, 0.29) is 5.91 Å². The minimum atomic E-state index is -0.101. The largest absolute Gasteiger partial charge is 0.496 e. The van der Waals surface area contributed by atoms with Crippen LogP contribution in [-0.4, -0.2) is 40.8 Å². The SMILES string of the molecule is COc1ccc(Cl)cc1C[NH+](C)CC(=O)Nc1ccc(OC)c(OC)c1. The van der Waals surface area contributed by atoms with E-state index in [1.54, 1.807) is 45.6 Å². The van der Waals surface area contributed by atoms with E-state index in [1.165, 1.54) is 0 Å². The molecule has 0 radical (unpaired) electrons. The fourth-order valence-corrected chi connectivity index (χ4v) is 2.86. The maximum atomic E-state index is 12.3. The molecule has 140 valence electrons. The Bertz CT molecular complexity index is 767. The minimum Gasteiger partial charge on any atom is -0.496 e. The smallest absolute Gasteiger partial charge is 0.279 e. The van der Waals surface area contributed by atoms with Crippen molar-refractivity contribution in [1.82, 2.24) is 0 Å². The molecule has 2 aromatic carbocycles. The number of halogens is 1. The summed E-state index contributed by atoms with van der Waals surface area (Å²) in [5.41, 5.74) is 1.61. The van der Waals surface area contributed by atoms with E-state index in [4.69, 9.17) is 25.8 Å². The summed E-state index contributed by atoms with van der Waals surface area (Å²) >= 11 is 6.06. The van der Waals surface area contributed by atoms with Gasteiger partial charge in [0.1, 0.15) is 12.3 Å². The van der Waals surface area contributed by atoms with Crippen LogP contribution in [0.15, 0.2) is 36.4 Å². The number of hydrogen-bond donors (Lipinski definition) is 2.